The summed E-state index contributed by atoms with van der Waals surface area (Å²) < 4.78 is 15.3. The molecule has 0 unspecified atom stereocenters. The molecule has 3 aromatic rings. The van der Waals surface area contributed by atoms with Gasteiger partial charge in [-0.25, -0.2) is 4.39 Å². The van der Waals surface area contributed by atoms with Crippen LogP contribution >= 0.6 is 11.8 Å². The van der Waals surface area contributed by atoms with Crippen LogP contribution in [0.4, 0.5) is 4.39 Å². The smallest absolute Gasteiger partial charge is 0.233 e. The summed E-state index contributed by atoms with van der Waals surface area (Å²) in [4.78, 5) is 14.1. The van der Waals surface area contributed by atoms with Gasteiger partial charge in [-0.15, -0.1) is 16.8 Å². The van der Waals surface area contributed by atoms with E-state index in [1.165, 1.54) is 23.9 Å². The van der Waals surface area contributed by atoms with E-state index in [1.807, 2.05) is 29.7 Å². The first-order valence-electron chi connectivity index (χ1n) is 9.20. The quantitative estimate of drug-likeness (QED) is 0.410. The van der Waals surface area contributed by atoms with Gasteiger partial charge in [-0.1, -0.05) is 53.7 Å². The number of amides is 1. The van der Waals surface area contributed by atoms with Gasteiger partial charge in [-0.05, 0) is 30.7 Å². The van der Waals surface area contributed by atoms with Crippen molar-refractivity contribution in [1.29, 1.82) is 0 Å². The lowest BCUT2D eigenvalue weighted by Gasteiger charge is -2.17. The number of aryl methyl sites for hydroxylation is 1. The number of aromatic nitrogens is 3. The van der Waals surface area contributed by atoms with Crippen molar-refractivity contribution in [2.45, 2.75) is 25.2 Å². The third-order valence-electron chi connectivity index (χ3n) is 4.36. The van der Waals surface area contributed by atoms with Gasteiger partial charge in [0, 0.05) is 25.7 Å². The van der Waals surface area contributed by atoms with E-state index < -0.39 is 0 Å². The summed E-state index contributed by atoms with van der Waals surface area (Å²) in [5, 5.41) is 9.26. The molecule has 1 aromatic heterocycles. The maximum absolute atomic E-state index is 13.3. The molecule has 0 aliphatic carbocycles. The molecule has 0 spiro atoms. The normalized spacial score (nSPS) is 10.7. The molecule has 0 radical (unpaired) electrons. The van der Waals surface area contributed by atoms with E-state index in [0.717, 1.165) is 22.5 Å². The van der Waals surface area contributed by atoms with Crippen molar-refractivity contribution >= 4 is 17.7 Å². The molecule has 0 aliphatic rings. The summed E-state index contributed by atoms with van der Waals surface area (Å²) >= 11 is 1.33. The van der Waals surface area contributed by atoms with Crippen LogP contribution in [-0.2, 0) is 17.9 Å². The highest BCUT2D eigenvalue weighted by Gasteiger charge is 2.17. The molecular weight excluding hydrogens is 387 g/mol. The van der Waals surface area contributed by atoms with Crippen molar-refractivity contribution in [3.05, 3.63) is 78.1 Å². The highest BCUT2D eigenvalue weighted by atomic mass is 32.2. The lowest BCUT2D eigenvalue weighted by Crippen LogP contribution is -2.28. The Morgan fingerprint density at radius 3 is 2.76 bits per heavy atom. The van der Waals surface area contributed by atoms with Crippen molar-refractivity contribution in [3.8, 4) is 11.4 Å². The third-order valence-corrected chi connectivity index (χ3v) is 5.32. The van der Waals surface area contributed by atoms with Crippen molar-refractivity contribution in [2.24, 2.45) is 0 Å². The Labute approximate surface area is 174 Å². The SMILES string of the molecule is C=CCn1c(SCC(=O)N(C)Cc2cccc(F)c2)nnc1-c1cccc(C)c1. The molecule has 0 bridgehead atoms. The van der Waals surface area contributed by atoms with Crippen molar-refractivity contribution in [2.75, 3.05) is 12.8 Å². The first kappa shape index (κ1) is 20.8. The molecule has 3 rings (SSSR count). The van der Waals surface area contributed by atoms with Gasteiger partial charge in [-0.3, -0.25) is 9.36 Å². The van der Waals surface area contributed by atoms with Crippen LogP contribution in [-0.4, -0.2) is 38.4 Å². The van der Waals surface area contributed by atoms with Gasteiger partial charge in [0.15, 0.2) is 11.0 Å². The van der Waals surface area contributed by atoms with Crippen LogP contribution < -0.4 is 0 Å². The topological polar surface area (TPSA) is 51.0 Å². The predicted molar refractivity (Wildman–Crippen MR) is 114 cm³/mol. The lowest BCUT2D eigenvalue weighted by atomic mass is 10.1. The molecular formula is C22H23FN4OS. The van der Waals surface area contributed by atoms with Crippen LogP contribution in [0.25, 0.3) is 11.4 Å². The molecule has 1 amide bonds. The number of allylic oxidation sites excluding steroid dienone is 1. The Morgan fingerprint density at radius 2 is 2.03 bits per heavy atom. The van der Waals surface area contributed by atoms with Gasteiger partial charge in [0.05, 0.1) is 5.75 Å². The van der Waals surface area contributed by atoms with E-state index in [-0.39, 0.29) is 17.5 Å². The summed E-state index contributed by atoms with van der Waals surface area (Å²) in [5.74, 6) is 0.592. The van der Waals surface area contributed by atoms with E-state index in [1.54, 1.807) is 30.2 Å². The maximum atomic E-state index is 13.3. The van der Waals surface area contributed by atoms with Gasteiger partial charge in [-0.2, -0.15) is 0 Å². The fourth-order valence-electron chi connectivity index (χ4n) is 2.92. The fraction of sp³-hybridized carbons (Fsp3) is 0.227. The Kier molecular flexibility index (Phi) is 6.82. The molecule has 2 aromatic carbocycles. The molecule has 0 fully saturated rings. The average molecular weight is 411 g/mol. The van der Waals surface area contributed by atoms with Crippen LogP contribution in [0.2, 0.25) is 0 Å². The van der Waals surface area contributed by atoms with Gasteiger partial charge in [0.2, 0.25) is 5.91 Å². The molecule has 7 heteroatoms. The van der Waals surface area contributed by atoms with Gasteiger partial charge < -0.3 is 4.90 Å². The summed E-state index contributed by atoms with van der Waals surface area (Å²) in [5.41, 5.74) is 2.86. The number of carbonyl (C=O) groups excluding carboxylic acids is 1. The average Bonchev–Trinajstić information content (AvgIpc) is 3.09. The number of hydrogen-bond donors (Lipinski definition) is 0. The largest absolute Gasteiger partial charge is 0.341 e. The standard InChI is InChI=1S/C22H23FN4OS/c1-4-11-27-21(18-9-5-7-16(2)12-18)24-25-22(27)29-15-20(28)26(3)14-17-8-6-10-19(23)13-17/h4-10,12-13H,1,11,14-15H2,2-3H3. The monoisotopic (exact) mass is 410 g/mol. The summed E-state index contributed by atoms with van der Waals surface area (Å²) in [6.07, 6.45) is 1.78. The summed E-state index contributed by atoms with van der Waals surface area (Å²) in [6, 6.07) is 14.3. The minimum Gasteiger partial charge on any atom is -0.341 e. The van der Waals surface area contributed by atoms with E-state index in [2.05, 4.69) is 22.8 Å². The highest BCUT2D eigenvalue weighted by molar-refractivity contribution is 7.99. The molecule has 0 saturated carbocycles. The van der Waals surface area contributed by atoms with E-state index >= 15 is 0 Å². The van der Waals surface area contributed by atoms with E-state index in [0.29, 0.717) is 18.2 Å². The number of hydrogen-bond acceptors (Lipinski definition) is 4. The molecule has 0 N–H and O–H groups in total. The van der Waals surface area contributed by atoms with Gasteiger partial charge >= 0.3 is 0 Å². The Hall–Kier alpha value is -2.93. The van der Waals surface area contributed by atoms with E-state index in [4.69, 9.17) is 0 Å². The van der Waals surface area contributed by atoms with Crippen LogP contribution in [0.5, 0.6) is 0 Å². The molecule has 0 aliphatic heterocycles. The number of rotatable bonds is 8. The van der Waals surface area contributed by atoms with E-state index in [9.17, 15) is 9.18 Å². The minimum absolute atomic E-state index is 0.0653. The fourth-order valence-corrected chi connectivity index (χ4v) is 3.81. The zero-order valence-electron chi connectivity index (χ0n) is 16.5. The summed E-state index contributed by atoms with van der Waals surface area (Å²) in [7, 11) is 1.71. The summed E-state index contributed by atoms with van der Waals surface area (Å²) in [6.45, 7) is 6.74. The number of nitrogens with zero attached hydrogens (tertiary/aromatic N) is 4. The molecule has 1 heterocycles. The first-order valence-corrected chi connectivity index (χ1v) is 10.2. The van der Waals surface area contributed by atoms with Crippen LogP contribution in [0.3, 0.4) is 0 Å². The van der Waals surface area contributed by atoms with Crippen molar-refractivity contribution < 1.29 is 9.18 Å². The molecule has 0 saturated heterocycles. The van der Waals surface area contributed by atoms with Crippen LogP contribution in [0.15, 0.2) is 66.3 Å². The Morgan fingerprint density at radius 1 is 1.24 bits per heavy atom. The lowest BCUT2D eigenvalue weighted by molar-refractivity contribution is -0.127. The van der Waals surface area contributed by atoms with Crippen molar-refractivity contribution in [3.63, 3.8) is 0 Å². The van der Waals surface area contributed by atoms with Crippen molar-refractivity contribution in [1.82, 2.24) is 19.7 Å². The zero-order chi connectivity index (χ0) is 20.8. The number of halogens is 1. The molecule has 29 heavy (non-hydrogen) atoms. The Balaban J connectivity index is 1.69. The second-order valence-electron chi connectivity index (χ2n) is 6.74. The number of benzene rings is 2. The van der Waals surface area contributed by atoms with Crippen LogP contribution in [0.1, 0.15) is 11.1 Å². The Bertz CT molecular complexity index is 1020. The molecule has 150 valence electrons. The maximum Gasteiger partial charge on any atom is 0.233 e. The molecule has 0 atom stereocenters. The second kappa shape index (κ2) is 9.52. The first-order chi connectivity index (χ1) is 14.0. The highest BCUT2D eigenvalue weighted by Crippen LogP contribution is 2.25. The zero-order valence-corrected chi connectivity index (χ0v) is 17.3. The molecule has 5 nitrogen and oxygen atoms in total. The van der Waals surface area contributed by atoms with Gasteiger partial charge in [0.25, 0.3) is 0 Å². The number of thioether (sulfide) groups is 1. The minimum atomic E-state index is -0.307. The van der Waals surface area contributed by atoms with Crippen LogP contribution in [0, 0.1) is 12.7 Å². The third kappa shape index (κ3) is 5.32. The predicted octanol–water partition coefficient (Wildman–Crippen LogP) is 4.33. The second-order valence-corrected chi connectivity index (χ2v) is 7.69. The van der Waals surface area contributed by atoms with Gasteiger partial charge in [0.1, 0.15) is 5.82 Å². The number of carbonyl (C=O) groups is 1.